The van der Waals surface area contributed by atoms with Crippen molar-refractivity contribution in [2.75, 3.05) is 20.3 Å². The molecule has 118 valence electrons. The fourth-order valence-electron chi connectivity index (χ4n) is 2.03. The summed E-state index contributed by atoms with van der Waals surface area (Å²) in [5.74, 6) is 1.35. The van der Waals surface area contributed by atoms with Gasteiger partial charge in [-0.05, 0) is 54.0 Å². The van der Waals surface area contributed by atoms with Gasteiger partial charge in [0.25, 0.3) is 5.91 Å². The topological polar surface area (TPSA) is 73.3 Å². The van der Waals surface area contributed by atoms with Gasteiger partial charge >= 0.3 is 0 Å². The molecule has 6 nitrogen and oxygen atoms in total. The van der Waals surface area contributed by atoms with Crippen LogP contribution in [0, 0.1) is 0 Å². The minimum Gasteiger partial charge on any atom is -0.497 e. The molecule has 0 aliphatic rings. The van der Waals surface area contributed by atoms with E-state index in [0.717, 1.165) is 21.7 Å². The molecule has 0 unspecified atom stereocenters. The molecule has 0 saturated carbocycles. The predicted molar refractivity (Wildman–Crippen MR) is 88.2 cm³/mol. The number of hydrogen-bond donors (Lipinski definition) is 1. The summed E-state index contributed by atoms with van der Waals surface area (Å²) in [6.07, 6.45) is 0. The number of fused-ring (bicyclic) bond motifs is 1. The van der Waals surface area contributed by atoms with Crippen LogP contribution < -0.4 is 14.8 Å². The second-order valence-electron chi connectivity index (χ2n) is 4.74. The van der Waals surface area contributed by atoms with Crippen molar-refractivity contribution >= 4 is 27.7 Å². The van der Waals surface area contributed by atoms with Crippen molar-refractivity contribution in [2.24, 2.45) is 0 Å². The van der Waals surface area contributed by atoms with E-state index in [2.05, 4.69) is 14.9 Å². The average Bonchev–Trinajstić information content (AvgIpc) is 3.06. The number of nitrogens with one attached hydrogen (secondary N) is 1. The van der Waals surface area contributed by atoms with Gasteiger partial charge in [0.15, 0.2) is 0 Å². The molecule has 23 heavy (non-hydrogen) atoms. The number of carbonyl (C=O) groups excluding carboxylic acids is 1. The molecule has 2 aromatic carbocycles. The van der Waals surface area contributed by atoms with Crippen molar-refractivity contribution in [3.63, 3.8) is 0 Å². The first kappa shape index (κ1) is 15.2. The summed E-state index contributed by atoms with van der Waals surface area (Å²) in [6.45, 7) is 0.802. The van der Waals surface area contributed by atoms with E-state index in [1.54, 1.807) is 19.2 Å². The molecular formula is C16H15N3O3S. The Balaban J connectivity index is 1.48. The molecule has 0 spiro atoms. The molecule has 0 aliphatic carbocycles. The van der Waals surface area contributed by atoms with Gasteiger partial charge in [0.05, 0.1) is 18.4 Å². The highest BCUT2D eigenvalue weighted by Gasteiger charge is 2.07. The van der Waals surface area contributed by atoms with Crippen molar-refractivity contribution in [3.05, 3.63) is 48.0 Å². The molecule has 7 heteroatoms. The van der Waals surface area contributed by atoms with Crippen LogP contribution in [-0.2, 0) is 0 Å². The van der Waals surface area contributed by atoms with Crippen molar-refractivity contribution in [1.29, 1.82) is 0 Å². The van der Waals surface area contributed by atoms with E-state index in [1.807, 2.05) is 30.3 Å². The molecule has 0 atom stereocenters. The monoisotopic (exact) mass is 329 g/mol. The number of nitrogens with zero attached hydrogens (tertiary/aromatic N) is 2. The maximum absolute atomic E-state index is 12.1. The molecule has 3 aromatic rings. The van der Waals surface area contributed by atoms with E-state index in [0.29, 0.717) is 18.7 Å². The zero-order valence-electron chi connectivity index (χ0n) is 12.5. The van der Waals surface area contributed by atoms with Crippen LogP contribution in [0.1, 0.15) is 10.4 Å². The van der Waals surface area contributed by atoms with Crippen LogP contribution in [0.5, 0.6) is 11.5 Å². The summed E-state index contributed by atoms with van der Waals surface area (Å²) in [4.78, 5) is 12.1. The Kier molecular flexibility index (Phi) is 4.68. The van der Waals surface area contributed by atoms with Crippen LogP contribution in [0.3, 0.4) is 0 Å². The van der Waals surface area contributed by atoms with Crippen LogP contribution in [0.2, 0.25) is 0 Å². The zero-order valence-corrected chi connectivity index (χ0v) is 13.3. The molecule has 3 rings (SSSR count). The first-order chi connectivity index (χ1) is 11.3. The Bertz CT molecular complexity index is 802. The number of methoxy groups -OCH3 is 1. The minimum absolute atomic E-state index is 0.154. The normalized spacial score (nSPS) is 10.5. The molecule has 0 bridgehead atoms. The molecule has 1 amide bonds. The smallest absolute Gasteiger partial charge is 0.251 e. The summed E-state index contributed by atoms with van der Waals surface area (Å²) >= 11 is 1.31. The van der Waals surface area contributed by atoms with E-state index in [1.165, 1.54) is 11.5 Å². The van der Waals surface area contributed by atoms with E-state index in [-0.39, 0.29) is 5.91 Å². The third-order valence-corrected chi connectivity index (χ3v) is 3.93. The molecule has 1 aromatic heterocycles. The number of aromatic nitrogens is 2. The Morgan fingerprint density at radius 3 is 2.74 bits per heavy atom. The van der Waals surface area contributed by atoms with E-state index in [4.69, 9.17) is 9.47 Å². The lowest BCUT2D eigenvalue weighted by atomic mass is 10.2. The molecule has 0 radical (unpaired) electrons. The number of hydrogen-bond acceptors (Lipinski definition) is 6. The van der Waals surface area contributed by atoms with Crippen molar-refractivity contribution in [2.45, 2.75) is 0 Å². The quantitative estimate of drug-likeness (QED) is 0.704. The van der Waals surface area contributed by atoms with Crippen LogP contribution in [0.15, 0.2) is 42.5 Å². The number of amides is 1. The average molecular weight is 329 g/mol. The maximum Gasteiger partial charge on any atom is 0.251 e. The van der Waals surface area contributed by atoms with Gasteiger partial charge in [-0.3, -0.25) is 4.79 Å². The van der Waals surface area contributed by atoms with Crippen LogP contribution in [-0.4, -0.2) is 35.8 Å². The Morgan fingerprint density at radius 2 is 1.96 bits per heavy atom. The predicted octanol–water partition coefficient (Wildman–Crippen LogP) is 2.51. The van der Waals surface area contributed by atoms with E-state index >= 15 is 0 Å². The molecule has 1 heterocycles. The summed E-state index contributed by atoms with van der Waals surface area (Å²) in [5.41, 5.74) is 1.30. The second kappa shape index (κ2) is 7.06. The molecule has 0 fully saturated rings. The van der Waals surface area contributed by atoms with Gasteiger partial charge in [-0.15, -0.1) is 5.10 Å². The van der Waals surface area contributed by atoms with Gasteiger partial charge in [0.2, 0.25) is 0 Å². The van der Waals surface area contributed by atoms with Gasteiger partial charge < -0.3 is 14.8 Å². The van der Waals surface area contributed by atoms with Crippen LogP contribution in [0.4, 0.5) is 0 Å². The van der Waals surface area contributed by atoms with Gasteiger partial charge in [0.1, 0.15) is 23.6 Å². The first-order valence-electron chi connectivity index (χ1n) is 7.03. The Hall–Kier alpha value is -2.67. The van der Waals surface area contributed by atoms with Crippen LogP contribution in [0.25, 0.3) is 10.2 Å². The largest absolute Gasteiger partial charge is 0.497 e. The lowest BCUT2D eigenvalue weighted by Gasteiger charge is -2.08. The fraction of sp³-hybridized carbons (Fsp3) is 0.188. The molecule has 0 aliphatic heterocycles. The van der Waals surface area contributed by atoms with Crippen molar-refractivity contribution < 1.29 is 14.3 Å². The minimum atomic E-state index is -0.154. The van der Waals surface area contributed by atoms with E-state index in [9.17, 15) is 4.79 Å². The lowest BCUT2D eigenvalue weighted by Crippen LogP contribution is -2.28. The van der Waals surface area contributed by atoms with Crippen molar-refractivity contribution in [3.8, 4) is 11.5 Å². The highest BCUT2D eigenvalue weighted by molar-refractivity contribution is 7.12. The van der Waals surface area contributed by atoms with Gasteiger partial charge in [-0.25, -0.2) is 0 Å². The maximum atomic E-state index is 12.1. The second-order valence-corrected chi connectivity index (χ2v) is 5.52. The Labute approximate surface area is 137 Å². The summed E-state index contributed by atoms with van der Waals surface area (Å²) in [6, 6.07) is 12.6. The van der Waals surface area contributed by atoms with Crippen LogP contribution >= 0.6 is 11.5 Å². The Morgan fingerprint density at radius 1 is 1.17 bits per heavy atom. The molecular weight excluding hydrogens is 314 g/mol. The SMILES string of the molecule is COc1ccc(OCCNC(=O)c2ccc3snnc3c2)cc1. The fourth-order valence-corrected chi connectivity index (χ4v) is 2.57. The number of rotatable bonds is 6. The summed E-state index contributed by atoms with van der Waals surface area (Å²) in [5, 5.41) is 6.78. The van der Waals surface area contributed by atoms with Gasteiger partial charge in [-0.1, -0.05) is 4.49 Å². The number of benzene rings is 2. The summed E-state index contributed by atoms with van der Waals surface area (Å²) < 4.78 is 15.5. The van der Waals surface area contributed by atoms with E-state index < -0.39 is 0 Å². The van der Waals surface area contributed by atoms with Gasteiger partial charge in [0, 0.05) is 5.56 Å². The standard InChI is InChI=1S/C16H15N3O3S/c1-21-12-3-5-13(6-4-12)22-9-8-17-16(20)11-2-7-15-14(10-11)18-19-23-15/h2-7,10H,8-9H2,1H3,(H,17,20). The van der Waals surface area contributed by atoms with Gasteiger partial charge in [-0.2, -0.15) is 0 Å². The highest BCUT2D eigenvalue weighted by Crippen LogP contribution is 2.17. The molecule has 1 N–H and O–H groups in total. The van der Waals surface area contributed by atoms with Crippen molar-refractivity contribution in [1.82, 2.24) is 14.9 Å². The molecule has 0 saturated heterocycles. The highest BCUT2D eigenvalue weighted by atomic mass is 32.1. The lowest BCUT2D eigenvalue weighted by molar-refractivity contribution is 0.0947. The number of ether oxygens (including phenoxy) is 2. The summed E-state index contributed by atoms with van der Waals surface area (Å²) in [7, 11) is 1.62. The number of carbonyl (C=O) groups is 1. The first-order valence-corrected chi connectivity index (χ1v) is 7.81. The zero-order chi connectivity index (χ0) is 16.1. The third kappa shape index (κ3) is 3.75. The third-order valence-electron chi connectivity index (χ3n) is 3.22.